The van der Waals surface area contributed by atoms with E-state index in [2.05, 4.69) is 17.6 Å². The number of nitro benzene ring substituents is 2. The SMILES string of the molecule is COc1cc([C@H]2NC(=O)c3c(sc4c3CC[C@@H](C)C4)N2)ccc1Oc1ccc([N+](=O)[O-])cc1[N+](=O)[O-]. The molecule has 0 saturated carbocycles. The number of carbonyl (C=O) groups is 1. The Morgan fingerprint density at radius 3 is 2.53 bits per heavy atom. The molecule has 1 aromatic heterocycles. The van der Waals surface area contributed by atoms with Gasteiger partial charge in [0.2, 0.25) is 5.75 Å². The van der Waals surface area contributed by atoms with E-state index in [1.165, 1.54) is 18.1 Å². The van der Waals surface area contributed by atoms with Gasteiger partial charge < -0.3 is 20.1 Å². The van der Waals surface area contributed by atoms with Gasteiger partial charge in [-0.25, -0.2) is 0 Å². The predicted molar refractivity (Wildman–Crippen MR) is 132 cm³/mol. The van der Waals surface area contributed by atoms with Crippen LogP contribution in [0.4, 0.5) is 16.4 Å². The Hall–Kier alpha value is -4.19. The van der Waals surface area contributed by atoms with Crippen LogP contribution in [0.25, 0.3) is 0 Å². The van der Waals surface area contributed by atoms with Gasteiger partial charge in [-0.05, 0) is 54.5 Å². The summed E-state index contributed by atoms with van der Waals surface area (Å²) in [6.07, 6.45) is 2.44. The fourth-order valence-electron chi connectivity index (χ4n) is 4.54. The number of anilines is 1. The van der Waals surface area contributed by atoms with Crippen molar-refractivity contribution in [2.45, 2.75) is 32.4 Å². The zero-order valence-electron chi connectivity index (χ0n) is 19.4. The molecule has 186 valence electrons. The molecule has 0 spiro atoms. The Labute approximate surface area is 209 Å². The van der Waals surface area contributed by atoms with Gasteiger partial charge in [-0.3, -0.25) is 25.0 Å². The molecule has 12 heteroatoms. The van der Waals surface area contributed by atoms with E-state index in [0.717, 1.165) is 47.5 Å². The first-order valence-corrected chi connectivity index (χ1v) is 12.1. The van der Waals surface area contributed by atoms with Crippen molar-refractivity contribution in [3.63, 3.8) is 0 Å². The van der Waals surface area contributed by atoms with E-state index in [1.54, 1.807) is 29.5 Å². The number of thiophene rings is 1. The molecule has 5 rings (SSSR count). The van der Waals surface area contributed by atoms with Crippen molar-refractivity contribution in [1.82, 2.24) is 5.32 Å². The van der Waals surface area contributed by atoms with Gasteiger partial charge in [0.05, 0.1) is 28.6 Å². The van der Waals surface area contributed by atoms with Gasteiger partial charge in [-0.1, -0.05) is 13.0 Å². The van der Waals surface area contributed by atoms with Crippen LogP contribution in [-0.2, 0) is 12.8 Å². The minimum Gasteiger partial charge on any atom is -0.493 e. The van der Waals surface area contributed by atoms with Crippen LogP contribution in [0.15, 0.2) is 36.4 Å². The molecule has 2 heterocycles. The van der Waals surface area contributed by atoms with Crippen LogP contribution in [0.1, 0.15) is 45.9 Å². The smallest absolute Gasteiger partial charge is 0.318 e. The van der Waals surface area contributed by atoms with E-state index in [9.17, 15) is 25.0 Å². The lowest BCUT2D eigenvalue weighted by atomic mass is 9.88. The predicted octanol–water partition coefficient (Wildman–Crippen LogP) is 5.34. The summed E-state index contributed by atoms with van der Waals surface area (Å²) in [4.78, 5) is 35.2. The quantitative estimate of drug-likeness (QED) is 0.334. The molecule has 0 bridgehead atoms. The monoisotopic (exact) mass is 510 g/mol. The maximum absolute atomic E-state index is 13.0. The zero-order chi connectivity index (χ0) is 25.6. The number of nitrogens with one attached hydrogen (secondary N) is 2. The summed E-state index contributed by atoms with van der Waals surface area (Å²) < 4.78 is 11.2. The molecule has 2 atom stereocenters. The number of hydrogen-bond acceptors (Lipinski definition) is 9. The number of ether oxygens (including phenoxy) is 2. The van der Waals surface area contributed by atoms with Gasteiger partial charge in [0, 0.05) is 10.9 Å². The molecule has 0 fully saturated rings. The van der Waals surface area contributed by atoms with Crippen molar-refractivity contribution in [3.05, 3.63) is 78.2 Å². The fourth-order valence-corrected chi connectivity index (χ4v) is 5.98. The van der Waals surface area contributed by atoms with Gasteiger partial charge >= 0.3 is 5.69 Å². The molecule has 1 amide bonds. The first-order valence-electron chi connectivity index (χ1n) is 11.3. The third-order valence-corrected chi connectivity index (χ3v) is 7.57. The van der Waals surface area contributed by atoms with Crippen molar-refractivity contribution in [1.29, 1.82) is 0 Å². The summed E-state index contributed by atoms with van der Waals surface area (Å²) in [5.74, 6) is 0.771. The van der Waals surface area contributed by atoms with Crippen molar-refractivity contribution < 1.29 is 24.1 Å². The second-order valence-electron chi connectivity index (χ2n) is 8.79. The van der Waals surface area contributed by atoms with Crippen molar-refractivity contribution in [3.8, 4) is 17.2 Å². The number of nitrogens with zero attached hydrogens (tertiary/aromatic N) is 2. The zero-order valence-corrected chi connectivity index (χ0v) is 20.2. The molecular weight excluding hydrogens is 488 g/mol. The van der Waals surface area contributed by atoms with Gasteiger partial charge in [-0.2, -0.15) is 0 Å². The Morgan fingerprint density at radius 2 is 1.81 bits per heavy atom. The lowest BCUT2D eigenvalue weighted by molar-refractivity contribution is -0.394. The van der Waals surface area contributed by atoms with Crippen LogP contribution in [0.2, 0.25) is 0 Å². The first-order chi connectivity index (χ1) is 17.2. The van der Waals surface area contributed by atoms with Gasteiger partial charge in [-0.15, -0.1) is 11.3 Å². The summed E-state index contributed by atoms with van der Waals surface area (Å²) in [5, 5.41) is 29.7. The van der Waals surface area contributed by atoms with E-state index in [0.29, 0.717) is 11.5 Å². The molecule has 2 aliphatic rings. The maximum Gasteiger partial charge on any atom is 0.318 e. The maximum atomic E-state index is 13.0. The number of fused-ring (bicyclic) bond motifs is 3. The number of non-ortho nitro benzene ring substituents is 1. The van der Waals surface area contributed by atoms with Gasteiger partial charge in [0.1, 0.15) is 11.2 Å². The van der Waals surface area contributed by atoms with Crippen LogP contribution < -0.4 is 20.1 Å². The Balaban J connectivity index is 1.42. The van der Waals surface area contributed by atoms with Crippen molar-refractivity contribution in [2.75, 3.05) is 12.4 Å². The highest BCUT2D eigenvalue weighted by Crippen LogP contribution is 2.44. The van der Waals surface area contributed by atoms with Crippen LogP contribution in [0.5, 0.6) is 17.2 Å². The van der Waals surface area contributed by atoms with E-state index in [-0.39, 0.29) is 23.2 Å². The molecule has 2 aromatic carbocycles. The largest absolute Gasteiger partial charge is 0.493 e. The lowest BCUT2D eigenvalue weighted by Crippen LogP contribution is -2.38. The summed E-state index contributed by atoms with van der Waals surface area (Å²) >= 11 is 1.63. The molecule has 11 nitrogen and oxygen atoms in total. The average molecular weight is 511 g/mol. The highest BCUT2D eigenvalue weighted by atomic mass is 32.1. The lowest BCUT2D eigenvalue weighted by Gasteiger charge is -2.27. The number of nitro groups is 2. The average Bonchev–Trinajstić information content (AvgIpc) is 3.22. The third-order valence-electron chi connectivity index (χ3n) is 6.38. The number of rotatable bonds is 6. The highest BCUT2D eigenvalue weighted by molar-refractivity contribution is 7.16. The summed E-state index contributed by atoms with van der Waals surface area (Å²) in [5.41, 5.74) is 1.62. The Morgan fingerprint density at radius 1 is 1.03 bits per heavy atom. The molecule has 2 N–H and O–H groups in total. The molecule has 0 radical (unpaired) electrons. The standard InChI is InChI=1S/C24H22N4O7S/c1-12-3-6-15-20(9-12)36-24-21(15)23(29)25-22(26-24)13-4-7-18(19(10-13)34-2)35-17-8-5-14(27(30)31)11-16(17)28(32)33/h4-5,7-8,10-12,22,26H,3,6,9H2,1-2H3,(H,25,29)/t12-,22+/m1/s1. The first kappa shape index (κ1) is 23.5. The third kappa shape index (κ3) is 4.19. The minimum atomic E-state index is -0.746. The van der Waals surface area contributed by atoms with E-state index < -0.39 is 27.4 Å². The molecule has 1 aliphatic heterocycles. The molecule has 1 aliphatic carbocycles. The van der Waals surface area contributed by atoms with Crippen molar-refractivity contribution >= 4 is 33.6 Å². The van der Waals surface area contributed by atoms with Crippen LogP contribution in [0.3, 0.4) is 0 Å². The van der Waals surface area contributed by atoms with Crippen LogP contribution in [-0.4, -0.2) is 22.9 Å². The topological polar surface area (TPSA) is 146 Å². The molecule has 0 unspecified atom stereocenters. The van der Waals surface area contributed by atoms with E-state index >= 15 is 0 Å². The Kier molecular flexibility index (Phi) is 5.96. The summed E-state index contributed by atoms with van der Waals surface area (Å²) in [6.45, 7) is 2.22. The van der Waals surface area contributed by atoms with E-state index in [4.69, 9.17) is 9.47 Å². The van der Waals surface area contributed by atoms with E-state index in [1.807, 2.05) is 0 Å². The molecule has 3 aromatic rings. The second kappa shape index (κ2) is 9.11. The number of carbonyl (C=O) groups excluding carboxylic acids is 1. The van der Waals surface area contributed by atoms with Crippen LogP contribution >= 0.6 is 11.3 Å². The number of hydrogen-bond donors (Lipinski definition) is 2. The fraction of sp³-hybridized carbons (Fsp3) is 0.292. The van der Waals surface area contributed by atoms with Gasteiger partial charge in [0.25, 0.3) is 11.6 Å². The highest BCUT2D eigenvalue weighted by Gasteiger charge is 2.33. The van der Waals surface area contributed by atoms with Crippen LogP contribution in [0, 0.1) is 26.1 Å². The number of benzene rings is 2. The second-order valence-corrected chi connectivity index (χ2v) is 9.89. The minimum absolute atomic E-state index is 0.124. The normalized spacial score (nSPS) is 18.3. The molecule has 36 heavy (non-hydrogen) atoms. The summed E-state index contributed by atoms with van der Waals surface area (Å²) in [6, 6.07) is 8.11. The number of methoxy groups -OCH3 is 1. The molecular formula is C24H22N4O7S. The Bertz CT molecular complexity index is 1400. The van der Waals surface area contributed by atoms with Gasteiger partial charge in [0.15, 0.2) is 11.5 Å². The number of amides is 1. The summed E-state index contributed by atoms with van der Waals surface area (Å²) in [7, 11) is 1.43. The molecule has 0 saturated heterocycles. The van der Waals surface area contributed by atoms with Crippen molar-refractivity contribution in [2.24, 2.45) is 5.92 Å².